The van der Waals surface area contributed by atoms with E-state index in [0.29, 0.717) is 17.6 Å². The third-order valence-electron chi connectivity index (χ3n) is 3.47. The summed E-state index contributed by atoms with van der Waals surface area (Å²) in [5.74, 6) is 0. The zero-order valence-electron chi connectivity index (χ0n) is 12.4. The fourth-order valence-electron chi connectivity index (χ4n) is 2.41. The van der Waals surface area contributed by atoms with Gasteiger partial charge in [-0.05, 0) is 40.9 Å². The number of halogens is 1. The zero-order chi connectivity index (χ0) is 15.1. The number of anilines is 1. The van der Waals surface area contributed by atoms with E-state index >= 15 is 0 Å². The van der Waals surface area contributed by atoms with Crippen molar-refractivity contribution < 1.29 is 4.74 Å². The molecule has 0 aliphatic rings. The molecule has 0 aromatic heterocycles. The minimum atomic E-state index is 0.417. The SMILES string of the molecule is CCC(CC)N(CCOC)c1cccc(Br)c1C(N)=S. The Labute approximate surface area is 135 Å². The molecule has 0 aliphatic heterocycles. The molecule has 5 heteroatoms. The molecule has 1 rings (SSSR count). The van der Waals surface area contributed by atoms with E-state index in [0.717, 1.165) is 35.1 Å². The van der Waals surface area contributed by atoms with Gasteiger partial charge in [0, 0.05) is 35.4 Å². The number of methoxy groups -OCH3 is 1. The fourth-order valence-corrected chi connectivity index (χ4v) is 3.33. The van der Waals surface area contributed by atoms with Crippen LogP contribution in [0, 0.1) is 0 Å². The molecule has 0 spiro atoms. The van der Waals surface area contributed by atoms with Gasteiger partial charge >= 0.3 is 0 Å². The lowest BCUT2D eigenvalue weighted by molar-refractivity contribution is 0.202. The van der Waals surface area contributed by atoms with Crippen LogP contribution in [-0.2, 0) is 4.74 Å². The second-order valence-electron chi connectivity index (χ2n) is 4.65. The van der Waals surface area contributed by atoms with Crippen molar-refractivity contribution in [1.82, 2.24) is 0 Å². The number of benzene rings is 1. The summed E-state index contributed by atoms with van der Waals surface area (Å²) in [5.41, 5.74) is 7.90. The average Bonchev–Trinajstić information content (AvgIpc) is 2.42. The molecular formula is C15H23BrN2OS. The average molecular weight is 359 g/mol. The van der Waals surface area contributed by atoms with Gasteiger partial charge < -0.3 is 15.4 Å². The molecule has 1 aromatic rings. The first-order valence-corrected chi connectivity index (χ1v) is 8.10. The van der Waals surface area contributed by atoms with Crippen molar-refractivity contribution in [2.24, 2.45) is 5.73 Å². The topological polar surface area (TPSA) is 38.5 Å². The highest BCUT2D eigenvalue weighted by atomic mass is 79.9. The molecule has 0 bridgehead atoms. The van der Waals surface area contributed by atoms with Gasteiger partial charge in [0.1, 0.15) is 4.99 Å². The van der Waals surface area contributed by atoms with E-state index in [4.69, 9.17) is 22.7 Å². The molecule has 0 atom stereocenters. The number of hydrogen-bond donors (Lipinski definition) is 1. The maximum absolute atomic E-state index is 5.91. The van der Waals surface area contributed by atoms with Gasteiger partial charge in [-0.1, -0.05) is 32.1 Å². The summed E-state index contributed by atoms with van der Waals surface area (Å²) in [6.07, 6.45) is 2.15. The van der Waals surface area contributed by atoms with Crippen molar-refractivity contribution in [3.05, 3.63) is 28.2 Å². The van der Waals surface area contributed by atoms with E-state index in [1.165, 1.54) is 0 Å². The summed E-state index contributed by atoms with van der Waals surface area (Å²) in [6.45, 7) is 5.91. The summed E-state index contributed by atoms with van der Waals surface area (Å²) in [7, 11) is 1.72. The van der Waals surface area contributed by atoms with E-state index in [9.17, 15) is 0 Å². The molecule has 0 aliphatic carbocycles. The second kappa shape index (κ2) is 8.60. The number of rotatable bonds is 8. The summed E-state index contributed by atoms with van der Waals surface area (Å²) >= 11 is 8.77. The number of nitrogens with zero attached hydrogens (tertiary/aromatic N) is 1. The van der Waals surface area contributed by atoms with Crippen molar-refractivity contribution in [3.63, 3.8) is 0 Å². The molecule has 0 unspecified atom stereocenters. The third kappa shape index (κ3) is 4.17. The number of ether oxygens (including phenoxy) is 1. The van der Waals surface area contributed by atoms with Crippen LogP contribution in [0.15, 0.2) is 22.7 Å². The molecular weight excluding hydrogens is 336 g/mol. The first-order chi connectivity index (χ1) is 9.56. The molecule has 3 nitrogen and oxygen atoms in total. The van der Waals surface area contributed by atoms with Crippen LogP contribution in [-0.4, -0.2) is 31.3 Å². The summed E-state index contributed by atoms with van der Waals surface area (Å²) in [4.78, 5) is 2.77. The normalized spacial score (nSPS) is 10.8. The standard InChI is InChI=1S/C15H23BrN2OS/c1-4-11(5-2)18(9-10-19-3)13-8-6-7-12(16)14(13)15(17)20/h6-8,11H,4-5,9-10H2,1-3H3,(H2,17,20). The summed E-state index contributed by atoms with van der Waals surface area (Å²) in [5, 5.41) is 0. The van der Waals surface area contributed by atoms with Crippen LogP contribution in [0.1, 0.15) is 32.3 Å². The lowest BCUT2D eigenvalue weighted by atomic mass is 10.1. The molecule has 0 heterocycles. The van der Waals surface area contributed by atoms with E-state index in [2.05, 4.69) is 40.7 Å². The largest absolute Gasteiger partial charge is 0.389 e. The van der Waals surface area contributed by atoms with Gasteiger partial charge in [0.2, 0.25) is 0 Å². The monoisotopic (exact) mass is 358 g/mol. The van der Waals surface area contributed by atoms with Crippen LogP contribution >= 0.6 is 28.1 Å². The molecule has 20 heavy (non-hydrogen) atoms. The lowest BCUT2D eigenvalue weighted by Crippen LogP contribution is -2.38. The molecule has 112 valence electrons. The smallest absolute Gasteiger partial charge is 0.107 e. The quantitative estimate of drug-likeness (QED) is 0.718. The van der Waals surface area contributed by atoms with Gasteiger partial charge in [0.25, 0.3) is 0 Å². The first-order valence-electron chi connectivity index (χ1n) is 6.90. The number of hydrogen-bond acceptors (Lipinski definition) is 3. The summed E-state index contributed by atoms with van der Waals surface area (Å²) < 4.78 is 6.19. The highest BCUT2D eigenvalue weighted by Gasteiger charge is 2.20. The maximum Gasteiger partial charge on any atom is 0.107 e. The molecule has 0 saturated heterocycles. The van der Waals surface area contributed by atoms with Gasteiger partial charge in [-0.2, -0.15) is 0 Å². The van der Waals surface area contributed by atoms with E-state index in [1.54, 1.807) is 7.11 Å². The molecule has 0 fully saturated rings. The van der Waals surface area contributed by atoms with Crippen molar-refractivity contribution in [2.75, 3.05) is 25.2 Å². The van der Waals surface area contributed by atoms with Crippen molar-refractivity contribution in [1.29, 1.82) is 0 Å². The van der Waals surface area contributed by atoms with E-state index in [-0.39, 0.29) is 0 Å². The molecule has 0 radical (unpaired) electrons. The minimum absolute atomic E-state index is 0.417. The van der Waals surface area contributed by atoms with Gasteiger partial charge in [-0.15, -0.1) is 0 Å². The Morgan fingerprint density at radius 3 is 2.55 bits per heavy atom. The number of nitrogens with two attached hydrogens (primary N) is 1. The Kier molecular flexibility index (Phi) is 7.48. The summed E-state index contributed by atoms with van der Waals surface area (Å²) in [6, 6.07) is 6.52. The van der Waals surface area contributed by atoms with Crippen LogP contribution in [0.4, 0.5) is 5.69 Å². The van der Waals surface area contributed by atoms with Crippen molar-refractivity contribution >= 4 is 38.8 Å². The predicted octanol–water partition coefficient (Wildman–Crippen LogP) is 3.72. The van der Waals surface area contributed by atoms with Crippen molar-refractivity contribution in [3.8, 4) is 0 Å². The van der Waals surface area contributed by atoms with Crippen LogP contribution in [0.5, 0.6) is 0 Å². The first kappa shape index (κ1) is 17.4. The highest BCUT2D eigenvalue weighted by Crippen LogP contribution is 2.30. The second-order valence-corrected chi connectivity index (χ2v) is 5.95. The fraction of sp³-hybridized carbons (Fsp3) is 0.533. The van der Waals surface area contributed by atoms with Crippen molar-refractivity contribution in [2.45, 2.75) is 32.7 Å². The Bertz CT molecular complexity index is 449. The van der Waals surface area contributed by atoms with Crippen LogP contribution in [0.2, 0.25) is 0 Å². The zero-order valence-corrected chi connectivity index (χ0v) is 14.8. The third-order valence-corrected chi connectivity index (χ3v) is 4.33. The molecule has 0 saturated carbocycles. The Balaban J connectivity index is 3.25. The molecule has 2 N–H and O–H groups in total. The van der Waals surface area contributed by atoms with Gasteiger partial charge in [0.15, 0.2) is 0 Å². The Morgan fingerprint density at radius 2 is 2.05 bits per heavy atom. The molecule has 0 amide bonds. The minimum Gasteiger partial charge on any atom is -0.389 e. The predicted molar refractivity (Wildman–Crippen MR) is 93.6 cm³/mol. The number of thiocarbonyl (C=S) groups is 1. The Morgan fingerprint density at radius 1 is 1.40 bits per heavy atom. The lowest BCUT2D eigenvalue weighted by Gasteiger charge is -2.34. The van der Waals surface area contributed by atoms with Crippen LogP contribution in [0.25, 0.3) is 0 Å². The van der Waals surface area contributed by atoms with Crippen LogP contribution in [0.3, 0.4) is 0 Å². The van der Waals surface area contributed by atoms with Gasteiger partial charge in [-0.25, -0.2) is 0 Å². The van der Waals surface area contributed by atoms with Gasteiger partial charge in [-0.3, -0.25) is 0 Å². The highest BCUT2D eigenvalue weighted by molar-refractivity contribution is 9.10. The van der Waals surface area contributed by atoms with E-state index < -0.39 is 0 Å². The van der Waals surface area contributed by atoms with E-state index in [1.807, 2.05) is 12.1 Å². The Hall–Kier alpha value is -0.650. The maximum atomic E-state index is 5.91. The van der Waals surface area contributed by atoms with Gasteiger partial charge in [0.05, 0.1) is 6.61 Å². The molecule has 1 aromatic carbocycles. The van der Waals surface area contributed by atoms with Crippen LogP contribution < -0.4 is 10.6 Å².